The summed E-state index contributed by atoms with van der Waals surface area (Å²) < 4.78 is 0. The van der Waals surface area contributed by atoms with E-state index in [1.165, 1.54) is 11.1 Å². The van der Waals surface area contributed by atoms with Gasteiger partial charge in [-0.15, -0.1) is 11.8 Å². The van der Waals surface area contributed by atoms with Crippen LogP contribution in [0.25, 0.3) is 0 Å². The van der Waals surface area contributed by atoms with Gasteiger partial charge in [0.25, 0.3) is 0 Å². The van der Waals surface area contributed by atoms with Gasteiger partial charge in [0, 0.05) is 18.7 Å². The third-order valence-corrected chi connectivity index (χ3v) is 3.78. The molecule has 16 heavy (non-hydrogen) atoms. The molecule has 0 radical (unpaired) electrons. The summed E-state index contributed by atoms with van der Waals surface area (Å²) >= 11 is 1.84. The standard InChI is InChI=1S/C13H17NOS/c1-11-3-2-4-12(9-11)5-6-13(15)14-7-8-16-10-14/h2-4,9H,5-8,10H2,1H3. The molecule has 1 fully saturated rings. The molecular weight excluding hydrogens is 218 g/mol. The molecule has 1 aliphatic heterocycles. The van der Waals surface area contributed by atoms with Crippen molar-refractivity contribution in [2.75, 3.05) is 18.2 Å². The molecule has 1 aromatic carbocycles. The van der Waals surface area contributed by atoms with Crippen molar-refractivity contribution in [3.63, 3.8) is 0 Å². The fraction of sp³-hybridized carbons (Fsp3) is 0.462. The molecule has 2 rings (SSSR count). The highest BCUT2D eigenvalue weighted by atomic mass is 32.2. The van der Waals surface area contributed by atoms with Crippen LogP contribution in [-0.4, -0.2) is 29.0 Å². The van der Waals surface area contributed by atoms with Gasteiger partial charge in [-0.2, -0.15) is 0 Å². The zero-order valence-electron chi connectivity index (χ0n) is 9.61. The summed E-state index contributed by atoms with van der Waals surface area (Å²) in [5, 5.41) is 0. The van der Waals surface area contributed by atoms with Crippen molar-refractivity contribution < 1.29 is 4.79 Å². The lowest BCUT2D eigenvalue weighted by Crippen LogP contribution is -2.27. The fourth-order valence-electron chi connectivity index (χ4n) is 1.89. The molecule has 0 saturated carbocycles. The minimum absolute atomic E-state index is 0.298. The zero-order valence-corrected chi connectivity index (χ0v) is 10.4. The molecule has 0 aromatic heterocycles. The Morgan fingerprint density at radius 2 is 2.38 bits per heavy atom. The molecule has 0 spiro atoms. The van der Waals surface area contributed by atoms with E-state index in [1.807, 2.05) is 16.7 Å². The van der Waals surface area contributed by atoms with E-state index in [1.54, 1.807) is 0 Å². The van der Waals surface area contributed by atoms with Crippen molar-refractivity contribution in [1.82, 2.24) is 4.90 Å². The van der Waals surface area contributed by atoms with Gasteiger partial charge in [-0.1, -0.05) is 29.8 Å². The van der Waals surface area contributed by atoms with Crippen molar-refractivity contribution in [1.29, 1.82) is 0 Å². The number of thioether (sulfide) groups is 1. The van der Waals surface area contributed by atoms with Crippen LogP contribution >= 0.6 is 11.8 Å². The Balaban J connectivity index is 1.84. The van der Waals surface area contributed by atoms with E-state index in [-0.39, 0.29) is 0 Å². The number of aryl methyl sites for hydroxylation is 2. The molecule has 0 unspecified atom stereocenters. The number of hydrogen-bond acceptors (Lipinski definition) is 2. The van der Waals surface area contributed by atoms with Crippen LogP contribution in [0.2, 0.25) is 0 Å². The maximum absolute atomic E-state index is 11.8. The van der Waals surface area contributed by atoms with Crippen LogP contribution in [0.15, 0.2) is 24.3 Å². The highest BCUT2D eigenvalue weighted by molar-refractivity contribution is 7.99. The second kappa shape index (κ2) is 5.39. The number of benzene rings is 1. The van der Waals surface area contributed by atoms with Crippen molar-refractivity contribution in [2.24, 2.45) is 0 Å². The smallest absolute Gasteiger partial charge is 0.223 e. The molecule has 2 nitrogen and oxygen atoms in total. The van der Waals surface area contributed by atoms with Gasteiger partial charge in [0.05, 0.1) is 5.88 Å². The van der Waals surface area contributed by atoms with Gasteiger partial charge in [0.15, 0.2) is 0 Å². The Hall–Kier alpha value is -0.960. The third-order valence-electron chi connectivity index (χ3n) is 2.82. The maximum Gasteiger partial charge on any atom is 0.223 e. The molecule has 1 aliphatic rings. The normalized spacial score (nSPS) is 15.4. The van der Waals surface area contributed by atoms with Crippen LogP contribution in [-0.2, 0) is 11.2 Å². The van der Waals surface area contributed by atoms with Crippen LogP contribution in [0.1, 0.15) is 17.5 Å². The molecule has 1 heterocycles. The Bertz CT molecular complexity index is 372. The molecule has 1 aromatic rings. The Labute approximate surface area is 101 Å². The number of carbonyl (C=O) groups excluding carboxylic acids is 1. The minimum atomic E-state index is 0.298. The summed E-state index contributed by atoms with van der Waals surface area (Å²) in [5.74, 6) is 2.27. The second-order valence-electron chi connectivity index (χ2n) is 4.18. The highest BCUT2D eigenvalue weighted by Crippen LogP contribution is 2.15. The van der Waals surface area contributed by atoms with Gasteiger partial charge >= 0.3 is 0 Å². The van der Waals surface area contributed by atoms with E-state index < -0.39 is 0 Å². The summed E-state index contributed by atoms with van der Waals surface area (Å²) in [7, 11) is 0. The van der Waals surface area contributed by atoms with Gasteiger partial charge in [-0.3, -0.25) is 4.79 Å². The number of rotatable bonds is 3. The average molecular weight is 235 g/mol. The largest absolute Gasteiger partial charge is 0.333 e. The first-order chi connectivity index (χ1) is 7.75. The van der Waals surface area contributed by atoms with Gasteiger partial charge in [0.2, 0.25) is 5.91 Å². The van der Waals surface area contributed by atoms with Gasteiger partial charge < -0.3 is 4.90 Å². The topological polar surface area (TPSA) is 20.3 Å². The van der Waals surface area contributed by atoms with Crippen LogP contribution in [0, 0.1) is 6.92 Å². The van der Waals surface area contributed by atoms with Crippen molar-refractivity contribution in [3.8, 4) is 0 Å². The zero-order chi connectivity index (χ0) is 11.4. The SMILES string of the molecule is Cc1cccc(CCC(=O)N2CCSC2)c1. The molecular formula is C13H17NOS. The molecule has 86 valence electrons. The predicted octanol–water partition coefficient (Wildman–Crippen LogP) is 2.46. The first-order valence-electron chi connectivity index (χ1n) is 5.67. The number of nitrogens with zero attached hydrogens (tertiary/aromatic N) is 1. The van der Waals surface area contributed by atoms with Gasteiger partial charge in [-0.25, -0.2) is 0 Å². The van der Waals surface area contributed by atoms with Crippen LogP contribution in [0.4, 0.5) is 0 Å². The Kier molecular flexibility index (Phi) is 3.88. The summed E-state index contributed by atoms with van der Waals surface area (Å²) in [5.41, 5.74) is 2.53. The molecule has 0 aliphatic carbocycles. The second-order valence-corrected chi connectivity index (χ2v) is 5.26. The number of carbonyl (C=O) groups is 1. The monoisotopic (exact) mass is 235 g/mol. The molecule has 1 saturated heterocycles. The molecule has 0 N–H and O–H groups in total. The Morgan fingerprint density at radius 1 is 1.50 bits per heavy atom. The minimum Gasteiger partial charge on any atom is -0.333 e. The molecule has 0 atom stereocenters. The third kappa shape index (κ3) is 3.01. The van der Waals surface area contributed by atoms with Gasteiger partial charge in [0.1, 0.15) is 0 Å². The van der Waals surface area contributed by atoms with Crippen LogP contribution in [0.3, 0.4) is 0 Å². The summed E-state index contributed by atoms with van der Waals surface area (Å²) in [6.07, 6.45) is 1.51. The van der Waals surface area contributed by atoms with Crippen molar-refractivity contribution in [2.45, 2.75) is 19.8 Å². The number of amides is 1. The molecule has 3 heteroatoms. The van der Waals surface area contributed by atoms with E-state index in [0.29, 0.717) is 12.3 Å². The first-order valence-corrected chi connectivity index (χ1v) is 6.82. The predicted molar refractivity (Wildman–Crippen MR) is 68.5 cm³/mol. The Morgan fingerprint density at radius 3 is 3.06 bits per heavy atom. The van der Waals surface area contributed by atoms with Crippen LogP contribution < -0.4 is 0 Å². The van der Waals surface area contributed by atoms with Crippen LogP contribution in [0.5, 0.6) is 0 Å². The molecule has 0 bridgehead atoms. The first kappa shape index (κ1) is 11.5. The summed E-state index contributed by atoms with van der Waals surface area (Å²) in [6, 6.07) is 8.40. The van der Waals surface area contributed by atoms with E-state index >= 15 is 0 Å². The summed E-state index contributed by atoms with van der Waals surface area (Å²) in [6.45, 7) is 3.01. The lowest BCUT2D eigenvalue weighted by Gasteiger charge is -2.14. The van der Waals surface area contributed by atoms with E-state index in [9.17, 15) is 4.79 Å². The molecule has 1 amide bonds. The maximum atomic E-state index is 11.8. The quantitative estimate of drug-likeness (QED) is 0.802. The lowest BCUT2D eigenvalue weighted by molar-refractivity contribution is -0.129. The summed E-state index contributed by atoms with van der Waals surface area (Å²) in [4.78, 5) is 13.8. The highest BCUT2D eigenvalue weighted by Gasteiger charge is 2.17. The van der Waals surface area contributed by atoms with E-state index in [2.05, 4.69) is 31.2 Å². The fourth-order valence-corrected chi connectivity index (χ4v) is 2.86. The number of hydrogen-bond donors (Lipinski definition) is 0. The van der Waals surface area contributed by atoms with E-state index in [0.717, 1.165) is 24.6 Å². The van der Waals surface area contributed by atoms with E-state index in [4.69, 9.17) is 0 Å². The van der Waals surface area contributed by atoms with Gasteiger partial charge in [-0.05, 0) is 18.9 Å². The average Bonchev–Trinajstić information content (AvgIpc) is 2.79. The van der Waals surface area contributed by atoms with Crippen molar-refractivity contribution in [3.05, 3.63) is 35.4 Å². The van der Waals surface area contributed by atoms with Crippen molar-refractivity contribution >= 4 is 17.7 Å². The lowest BCUT2D eigenvalue weighted by atomic mass is 10.1.